The highest BCUT2D eigenvalue weighted by Crippen LogP contribution is 2.16. The van der Waals surface area contributed by atoms with Crippen molar-refractivity contribution < 1.29 is 0 Å². The Bertz CT molecular complexity index is 248. The zero-order valence-electron chi connectivity index (χ0n) is 9.78. The maximum Gasteiger partial charge on any atom is 0.0108 e. The molecular formula is C13H21NS. The molecular weight excluding hydrogens is 202 g/mol. The molecule has 1 rings (SSSR count). The van der Waals surface area contributed by atoms with Crippen molar-refractivity contribution in [2.45, 2.75) is 25.2 Å². The first-order chi connectivity index (χ1) is 7.36. The van der Waals surface area contributed by atoms with Gasteiger partial charge in [-0.1, -0.05) is 32.0 Å². The molecule has 0 spiro atoms. The second kappa shape index (κ2) is 7.77. The fourth-order valence-electron chi connectivity index (χ4n) is 1.55. The van der Waals surface area contributed by atoms with Crippen molar-refractivity contribution in [1.82, 2.24) is 4.90 Å². The minimum atomic E-state index is 1.17. The zero-order chi connectivity index (χ0) is 10.9. The number of rotatable bonds is 7. The van der Waals surface area contributed by atoms with E-state index in [1.54, 1.807) is 0 Å². The van der Waals surface area contributed by atoms with Gasteiger partial charge in [0.25, 0.3) is 0 Å². The minimum absolute atomic E-state index is 1.17. The molecule has 0 aliphatic heterocycles. The highest BCUT2D eigenvalue weighted by molar-refractivity contribution is 7.99. The molecule has 0 N–H and O–H groups in total. The monoisotopic (exact) mass is 223 g/mol. The molecule has 0 atom stereocenters. The summed E-state index contributed by atoms with van der Waals surface area (Å²) >= 11 is 1.95. The topological polar surface area (TPSA) is 3.24 Å². The molecule has 84 valence electrons. The number of thioether (sulfide) groups is 1. The maximum atomic E-state index is 2.51. The lowest BCUT2D eigenvalue weighted by Gasteiger charge is -2.18. The molecule has 1 nitrogen and oxygen atoms in total. The second-order valence-corrected chi connectivity index (χ2v) is 4.76. The molecule has 1 aromatic carbocycles. The van der Waals surface area contributed by atoms with Crippen LogP contribution in [0.5, 0.6) is 0 Å². The fraction of sp³-hybridized carbons (Fsp3) is 0.538. The average molecular weight is 223 g/mol. The molecule has 2 heteroatoms. The van der Waals surface area contributed by atoms with Crippen LogP contribution in [0, 0.1) is 0 Å². The number of hydrogen-bond acceptors (Lipinski definition) is 2. The van der Waals surface area contributed by atoms with Crippen LogP contribution < -0.4 is 0 Å². The van der Waals surface area contributed by atoms with Crippen molar-refractivity contribution >= 4 is 11.8 Å². The third-order valence-corrected chi connectivity index (χ3v) is 3.40. The molecule has 1 aromatic rings. The van der Waals surface area contributed by atoms with E-state index in [2.05, 4.69) is 49.1 Å². The summed E-state index contributed by atoms with van der Waals surface area (Å²) in [4.78, 5) is 3.89. The predicted molar refractivity (Wildman–Crippen MR) is 69.6 cm³/mol. The quantitative estimate of drug-likeness (QED) is 0.651. The molecule has 0 bridgehead atoms. The summed E-state index contributed by atoms with van der Waals surface area (Å²) in [6.45, 7) is 8.08. The van der Waals surface area contributed by atoms with Crippen molar-refractivity contribution in [2.24, 2.45) is 0 Å². The molecule has 0 saturated carbocycles. The van der Waals surface area contributed by atoms with Crippen LogP contribution in [0.4, 0.5) is 0 Å². The molecule has 0 fully saturated rings. The van der Waals surface area contributed by atoms with Crippen LogP contribution in [0.3, 0.4) is 0 Å². The zero-order valence-corrected chi connectivity index (χ0v) is 10.6. The fourth-order valence-corrected chi connectivity index (χ4v) is 2.49. The van der Waals surface area contributed by atoms with Gasteiger partial charge >= 0.3 is 0 Å². The van der Waals surface area contributed by atoms with Crippen LogP contribution in [0.1, 0.15) is 20.3 Å². The van der Waals surface area contributed by atoms with Gasteiger partial charge in [0.1, 0.15) is 0 Å². The molecule has 15 heavy (non-hydrogen) atoms. The summed E-state index contributed by atoms with van der Waals surface area (Å²) in [5, 5.41) is 0. The van der Waals surface area contributed by atoms with Crippen molar-refractivity contribution in [3.05, 3.63) is 30.3 Å². The van der Waals surface area contributed by atoms with Crippen LogP contribution in [0.2, 0.25) is 0 Å². The maximum absolute atomic E-state index is 2.51. The summed E-state index contributed by atoms with van der Waals surface area (Å²) in [6.07, 6.45) is 1.25. The van der Waals surface area contributed by atoms with E-state index in [0.29, 0.717) is 0 Å². The third kappa shape index (κ3) is 5.24. The van der Waals surface area contributed by atoms with Gasteiger partial charge in [-0.2, -0.15) is 0 Å². The van der Waals surface area contributed by atoms with Crippen LogP contribution in [-0.4, -0.2) is 30.3 Å². The van der Waals surface area contributed by atoms with Gasteiger partial charge in [0.05, 0.1) is 0 Å². The molecule has 0 saturated heterocycles. The Morgan fingerprint density at radius 3 is 2.40 bits per heavy atom. The van der Waals surface area contributed by atoms with Gasteiger partial charge in [-0.25, -0.2) is 0 Å². The summed E-state index contributed by atoms with van der Waals surface area (Å²) < 4.78 is 0. The molecule has 0 heterocycles. The first-order valence-electron chi connectivity index (χ1n) is 5.77. The lowest BCUT2D eigenvalue weighted by molar-refractivity contribution is 0.307. The molecule has 0 amide bonds. The smallest absolute Gasteiger partial charge is 0.0108 e. The summed E-state index contributed by atoms with van der Waals surface area (Å²) in [7, 11) is 0. The van der Waals surface area contributed by atoms with Gasteiger partial charge in [0.2, 0.25) is 0 Å². The lowest BCUT2D eigenvalue weighted by Crippen LogP contribution is -2.26. The van der Waals surface area contributed by atoms with Crippen LogP contribution in [0.25, 0.3) is 0 Å². The van der Waals surface area contributed by atoms with Crippen LogP contribution in [-0.2, 0) is 0 Å². The van der Waals surface area contributed by atoms with E-state index >= 15 is 0 Å². The van der Waals surface area contributed by atoms with E-state index < -0.39 is 0 Å². The average Bonchev–Trinajstić information content (AvgIpc) is 2.29. The Morgan fingerprint density at radius 1 is 1.07 bits per heavy atom. The summed E-state index contributed by atoms with van der Waals surface area (Å²) in [5.41, 5.74) is 0. The standard InChI is InChI=1S/C13H21NS/c1-3-10-14(4-2)11-12-15-13-8-6-5-7-9-13/h5-9H,3-4,10-12H2,1-2H3. The van der Waals surface area contributed by atoms with Crippen molar-refractivity contribution in [3.63, 3.8) is 0 Å². The SMILES string of the molecule is CCCN(CC)CCSc1ccccc1. The Labute approximate surface area is 97.9 Å². The van der Waals surface area contributed by atoms with Gasteiger partial charge < -0.3 is 4.90 Å². The van der Waals surface area contributed by atoms with Gasteiger partial charge in [-0.3, -0.25) is 0 Å². The van der Waals surface area contributed by atoms with E-state index in [-0.39, 0.29) is 0 Å². The Morgan fingerprint density at radius 2 is 1.80 bits per heavy atom. The van der Waals surface area contributed by atoms with E-state index in [0.717, 1.165) is 0 Å². The van der Waals surface area contributed by atoms with Crippen molar-refractivity contribution in [2.75, 3.05) is 25.4 Å². The predicted octanol–water partition coefficient (Wildman–Crippen LogP) is 3.51. The van der Waals surface area contributed by atoms with E-state index in [9.17, 15) is 0 Å². The highest BCUT2D eigenvalue weighted by atomic mass is 32.2. The molecule has 0 radical (unpaired) electrons. The van der Waals surface area contributed by atoms with E-state index in [4.69, 9.17) is 0 Å². The molecule has 0 unspecified atom stereocenters. The first-order valence-corrected chi connectivity index (χ1v) is 6.75. The van der Waals surface area contributed by atoms with Gasteiger partial charge in [0.15, 0.2) is 0 Å². The normalized spacial score (nSPS) is 10.9. The Balaban J connectivity index is 2.20. The molecule has 0 aliphatic rings. The molecule has 0 aliphatic carbocycles. The minimum Gasteiger partial charge on any atom is -0.303 e. The first kappa shape index (κ1) is 12.6. The van der Waals surface area contributed by atoms with Crippen LogP contribution in [0.15, 0.2) is 35.2 Å². The third-order valence-electron chi connectivity index (χ3n) is 2.41. The van der Waals surface area contributed by atoms with E-state index in [1.165, 1.54) is 36.7 Å². The number of benzene rings is 1. The second-order valence-electron chi connectivity index (χ2n) is 3.60. The number of hydrogen-bond donors (Lipinski definition) is 0. The largest absolute Gasteiger partial charge is 0.303 e. The lowest BCUT2D eigenvalue weighted by atomic mass is 10.4. The van der Waals surface area contributed by atoms with Crippen molar-refractivity contribution in [3.8, 4) is 0 Å². The summed E-state index contributed by atoms with van der Waals surface area (Å²) in [6, 6.07) is 10.6. The summed E-state index contributed by atoms with van der Waals surface area (Å²) in [5.74, 6) is 1.19. The molecule has 0 aromatic heterocycles. The van der Waals surface area contributed by atoms with Gasteiger partial charge in [0, 0.05) is 17.2 Å². The van der Waals surface area contributed by atoms with Crippen LogP contribution >= 0.6 is 11.8 Å². The van der Waals surface area contributed by atoms with Gasteiger partial charge in [-0.15, -0.1) is 11.8 Å². The van der Waals surface area contributed by atoms with Gasteiger partial charge in [-0.05, 0) is 31.6 Å². The highest BCUT2D eigenvalue weighted by Gasteiger charge is 2.00. The van der Waals surface area contributed by atoms with Crippen molar-refractivity contribution in [1.29, 1.82) is 0 Å². The Kier molecular flexibility index (Phi) is 6.53. The Hall–Kier alpha value is -0.470. The number of nitrogens with zero attached hydrogens (tertiary/aromatic N) is 1. The van der Waals surface area contributed by atoms with E-state index in [1.807, 2.05) is 11.8 Å².